The molecule has 0 radical (unpaired) electrons. The topological polar surface area (TPSA) is 67.4 Å². The average Bonchev–Trinajstić information content (AvgIpc) is 2.58. The van der Waals surface area contributed by atoms with Crippen molar-refractivity contribution in [2.45, 2.75) is 45.4 Å². The van der Waals surface area contributed by atoms with Crippen molar-refractivity contribution in [3.8, 4) is 5.75 Å². The maximum absolute atomic E-state index is 12.0. The van der Waals surface area contributed by atoms with Crippen LogP contribution >= 0.6 is 23.8 Å². The third-order valence-corrected chi connectivity index (χ3v) is 4.41. The molecular weight excluding hydrogens is 372 g/mol. The lowest BCUT2D eigenvalue weighted by Crippen LogP contribution is -2.51. The van der Waals surface area contributed by atoms with Gasteiger partial charge in [0.1, 0.15) is 11.3 Å². The summed E-state index contributed by atoms with van der Waals surface area (Å²) in [6.45, 7) is 2.77. The molecule has 0 aromatic heterocycles. The van der Waals surface area contributed by atoms with Crippen LogP contribution in [0, 0.1) is 0 Å². The zero-order chi connectivity index (χ0) is 18.9. The molecule has 1 heterocycles. The predicted octanol–water partition coefficient (Wildman–Crippen LogP) is 3.99. The standard InChI is InChI=1S/C19H23ClN2O3S/c1-2-3-4-5-6-7-10-25-16-9-8-14(20)11-13(16)12-15-17(23)21-19(26)22-18(15)24/h8-9,11-12H,2-7,10H2,1H3,(H2,21,22,23,24,26). The molecule has 7 heteroatoms. The molecule has 26 heavy (non-hydrogen) atoms. The number of halogens is 1. The van der Waals surface area contributed by atoms with Gasteiger partial charge in [-0.05, 0) is 42.9 Å². The van der Waals surface area contributed by atoms with Gasteiger partial charge in [0.25, 0.3) is 11.8 Å². The van der Waals surface area contributed by atoms with Gasteiger partial charge in [0.05, 0.1) is 6.61 Å². The first-order valence-corrected chi connectivity index (χ1v) is 9.60. The summed E-state index contributed by atoms with van der Waals surface area (Å²) in [6.07, 6.45) is 8.49. The van der Waals surface area contributed by atoms with Crippen LogP contribution in [0.5, 0.6) is 5.75 Å². The number of ether oxygens (including phenoxy) is 1. The summed E-state index contributed by atoms with van der Waals surface area (Å²) in [4.78, 5) is 24.0. The molecule has 0 bridgehead atoms. The molecule has 2 amide bonds. The SMILES string of the molecule is CCCCCCCCOc1ccc(Cl)cc1C=C1C(=O)NC(=S)NC1=O. The normalized spacial score (nSPS) is 14.1. The Morgan fingerprint density at radius 3 is 2.42 bits per heavy atom. The summed E-state index contributed by atoms with van der Waals surface area (Å²) >= 11 is 10.9. The molecule has 2 rings (SSSR count). The van der Waals surface area contributed by atoms with E-state index < -0.39 is 11.8 Å². The second kappa shape index (κ2) is 10.3. The summed E-state index contributed by atoms with van der Waals surface area (Å²) in [5.74, 6) is -0.495. The van der Waals surface area contributed by atoms with Gasteiger partial charge >= 0.3 is 0 Å². The maximum atomic E-state index is 12.0. The van der Waals surface area contributed by atoms with Gasteiger partial charge in [-0.2, -0.15) is 0 Å². The van der Waals surface area contributed by atoms with Gasteiger partial charge in [0.15, 0.2) is 5.11 Å². The number of thiocarbonyl (C=S) groups is 1. The highest BCUT2D eigenvalue weighted by Gasteiger charge is 2.26. The molecule has 0 saturated carbocycles. The van der Waals surface area contributed by atoms with Crippen molar-refractivity contribution >= 4 is 46.8 Å². The Balaban J connectivity index is 2.03. The second-order valence-electron chi connectivity index (χ2n) is 6.09. The minimum absolute atomic E-state index is 0.00258. The van der Waals surface area contributed by atoms with Crippen LogP contribution in [0.4, 0.5) is 0 Å². The Morgan fingerprint density at radius 1 is 1.08 bits per heavy atom. The molecule has 2 N–H and O–H groups in total. The van der Waals surface area contributed by atoms with Gasteiger partial charge in [0, 0.05) is 10.6 Å². The number of benzene rings is 1. The molecule has 1 aromatic carbocycles. The van der Waals surface area contributed by atoms with E-state index in [-0.39, 0.29) is 10.7 Å². The summed E-state index contributed by atoms with van der Waals surface area (Å²) in [5, 5.41) is 5.32. The van der Waals surface area contributed by atoms with E-state index in [1.165, 1.54) is 31.8 Å². The highest BCUT2D eigenvalue weighted by atomic mass is 35.5. The van der Waals surface area contributed by atoms with Crippen LogP contribution < -0.4 is 15.4 Å². The molecule has 5 nitrogen and oxygen atoms in total. The zero-order valence-corrected chi connectivity index (χ0v) is 16.3. The Labute approximate surface area is 164 Å². The number of hydrogen-bond donors (Lipinski definition) is 2. The van der Waals surface area contributed by atoms with Gasteiger partial charge in [0.2, 0.25) is 0 Å². The van der Waals surface area contributed by atoms with Gasteiger partial charge in [-0.15, -0.1) is 0 Å². The lowest BCUT2D eigenvalue weighted by atomic mass is 10.1. The lowest BCUT2D eigenvalue weighted by molar-refractivity contribution is -0.123. The molecule has 140 valence electrons. The first-order valence-electron chi connectivity index (χ1n) is 8.82. The van der Waals surface area contributed by atoms with E-state index in [2.05, 4.69) is 17.6 Å². The third-order valence-electron chi connectivity index (χ3n) is 3.97. The van der Waals surface area contributed by atoms with E-state index in [0.29, 0.717) is 22.9 Å². The van der Waals surface area contributed by atoms with Crippen molar-refractivity contribution < 1.29 is 14.3 Å². The molecule has 1 aromatic rings. The van der Waals surface area contributed by atoms with Crippen molar-refractivity contribution in [1.29, 1.82) is 0 Å². The largest absolute Gasteiger partial charge is 0.493 e. The molecule has 1 aliphatic heterocycles. The van der Waals surface area contributed by atoms with E-state index in [1.807, 2.05) is 0 Å². The minimum atomic E-state index is -0.541. The number of unbranched alkanes of at least 4 members (excludes halogenated alkanes) is 5. The molecule has 0 aliphatic carbocycles. The van der Waals surface area contributed by atoms with E-state index in [1.54, 1.807) is 18.2 Å². The first kappa shape index (κ1) is 20.4. The summed E-state index contributed by atoms with van der Waals surface area (Å²) in [7, 11) is 0. The van der Waals surface area contributed by atoms with Gasteiger partial charge in [-0.25, -0.2) is 0 Å². The molecular formula is C19H23ClN2O3S. The average molecular weight is 395 g/mol. The number of carbonyl (C=O) groups excluding carboxylic acids is 2. The Kier molecular flexibility index (Phi) is 8.06. The fourth-order valence-electron chi connectivity index (χ4n) is 2.59. The van der Waals surface area contributed by atoms with Crippen LogP contribution in [0.2, 0.25) is 5.02 Å². The number of amides is 2. The van der Waals surface area contributed by atoms with E-state index in [9.17, 15) is 9.59 Å². The van der Waals surface area contributed by atoms with Crippen LogP contribution in [0.3, 0.4) is 0 Å². The number of rotatable bonds is 9. The van der Waals surface area contributed by atoms with Crippen molar-refractivity contribution in [3.63, 3.8) is 0 Å². The van der Waals surface area contributed by atoms with Crippen LogP contribution in [0.25, 0.3) is 6.08 Å². The number of hydrogen-bond acceptors (Lipinski definition) is 4. The Morgan fingerprint density at radius 2 is 1.73 bits per heavy atom. The quantitative estimate of drug-likeness (QED) is 0.287. The molecule has 1 fully saturated rings. The number of carbonyl (C=O) groups is 2. The summed E-state index contributed by atoms with van der Waals surface area (Å²) < 4.78 is 5.84. The predicted molar refractivity (Wildman–Crippen MR) is 107 cm³/mol. The molecule has 0 unspecified atom stereocenters. The van der Waals surface area contributed by atoms with Crippen molar-refractivity contribution in [1.82, 2.24) is 10.6 Å². The van der Waals surface area contributed by atoms with Gasteiger partial charge in [-0.1, -0.05) is 50.6 Å². The number of nitrogens with one attached hydrogen (secondary N) is 2. The Bertz CT molecular complexity index is 697. The third kappa shape index (κ3) is 6.11. The van der Waals surface area contributed by atoms with Crippen LogP contribution in [-0.4, -0.2) is 23.5 Å². The highest BCUT2D eigenvalue weighted by molar-refractivity contribution is 7.80. The van der Waals surface area contributed by atoms with Gasteiger partial charge in [-0.3, -0.25) is 20.2 Å². The fraction of sp³-hybridized carbons (Fsp3) is 0.421. The first-order chi connectivity index (χ1) is 12.5. The van der Waals surface area contributed by atoms with E-state index in [4.69, 9.17) is 28.6 Å². The van der Waals surface area contributed by atoms with E-state index in [0.717, 1.165) is 12.8 Å². The monoisotopic (exact) mass is 394 g/mol. The van der Waals surface area contributed by atoms with Crippen LogP contribution in [0.1, 0.15) is 51.0 Å². The van der Waals surface area contributed by atoms with Crippen molar-refractivity contribution in [2.75, 3.05) is 6.61 Å². The van der Waals surface area contributed by atoms with Crippen molar-refractivity contribution in [2.24, 2.45) is 0 Å². The molecule has 1 saturated heterocycles. The van der Waals surface area contributed by atoms with Crippen molar-refractivity contribution in [3.05, 3.63) is 34.4 Å². The fourth-order valence-corrected chi connectivity index (χ4v) is 2.96. The highest BCUT2D eigenvalue weighted by Crippen LogP contribution is 2.26. The smallest absolute Gasteiger partial charge is 0.263 e. The molecule has 1 aliphatic rings. The maximum Gasteiger partial charge on any atom is 0.263 e. The van der Waals surface area contributed by atoms with E-state index >= 15 is 0 Å². The zero-order valence-electron chi connectivity index (χ0n) is 14.8. The summed E-state index contributed by atoms with van der Waals surface area (Å²) in [5.41, 5.74) is 0.543. The Hall–Kier alpha value is -1.92. The van der Waals surface area contributed by atoms with Crippen LogP contribution in [-0.2, 0) is 9.59 Å². The van der Waals surface area contributed by atoms with Crippen LogP contribution in [0.15, 0.2) is 23.8 Å². The molecule has 0 atom stereocenters. The molecule has 0 spiro atoms. The second-order valence-corrected chi connectivity index (χ2v) is 6.94. The minimum Gasteiger partial charge on any atom is -0.493 e. The summed E-state index contributed by atoms with van der Waals surface area (Å²) in [6, 6.07) is 5.13. The van der Waals surface area contributed by atoms with Gasteiger partial charge < -0.3 is 4.74 Å². The lowest BCUT2D eigenvalue weighted by Gasteiger charge is -2.17.